The van der Waals surface area contributed by atoms with Crippen LogP contribution in [0.1, 0.15) is 37.8 Å². The van der Waals surface area contributed by atoms with E-state index in [1.807, 2.05) is 13.8 Å². The molecule has 0 saturated carbocycles. The van der Waals surface area contributed by atoms with Crippen molar-refractivity contribution in [3.63, 3.8) is 0 Å². The number of aryl methyl sites for hydroxylation is 1. The van der Waals surface area contributed by atoms with Crippen molar-refractivity contribution >= 4 is 0 Å². The van der Waals surface area contributed by atoms with E-state index in [4.69, 9.17) is 5.73 Å². The molecule has 0 aliphatic rings. The molecule has 0 radical (unpaired) electrons. The van der Waals surface area contributed by atoms with Crippen LogP contribution in [0.3, 0.4) is 0 Å². The standard InChI is InChI=1S/C12H14F5NO.C2H6/c1-8-5-9(11(13,14)3-2-4-18)7-10(6-8)19-12(15,16)17;1-2/h5-7H,2-4,18H2,1H3;1-2H3. The van der Waals surface area contributed by atoms with Crippen LogP contribution in [0.5, 0.6) is 5.75 Å². The van der Waals surface area contributed by atoms with Gasteiger partial charge in [0.25, 0.3) is 5.92 Å². The maximum atomic E-state index is 13.7. The van der Waals surface area contributed by atoms with Crippen molar-refractivity contribution < 1.29 is 26.7 Å². The minimum Gasteiger partial charge on any atom is -0.406 e. The molecule has 21 heavy (non-hydrogen) atoms. The van der Waals surface area contributed by atoms with Gasteiger partial charge in [-0.15, -0.1) is 13.2 Å². The molecule has 122 valence electrons. The molecule has 2 nitrogen and oxygen atoms in total. The Balaban J connectivity index is 0.00000191. The van der Waals surface area contributed by atoms with Crippen LogP contribution in [0.2, 0.25) is 0 Å². The highest BCUT2D eigenvalue weighted by Gasteiger charge is 2.34. The van der Waals surface area contributed by atoms with Crippen LogP contribution in [-0.4, -0.2) is 12.9 Å². The fourth-order valence-corrected chi connectivity index (χ4v) is 1.62. The molecule has 7 heteroatoms. The first-order valence-electron chi connectivity index (χ1n) is 6.60. The molecular weight excluding hydrogens is 293 g/mol. The van der Waals surface area contributed by atoms with Crippen LogP contribution in [0.15, 0.2) is 18.2 Å². The van der Waals surface area contributed by atoms with Gasteiger partial charge in [-0.05, 0) is 43.7 Å². The number of halogens is 5. The maximum Gasteiger partial charge on any atom is 0.573 e. The first-order valence-corrected chi connectivity index (χ1v) is 6.60. The molecule has 0 saturated heterocycles. The average molecular weight is 313 g/mol. The number of rotatable bonds is 5. The summed E-state index contributed by atoms with van der Waals surface area (Å²) in [4.78, 5) is 0. The van der Waals surface area contributed by atoms with Crippen molar-refractivity contribution in [2.45, 2.75) is 45.9 Å². The Morgan fingerprint density at radius 1 is 1.05 bits per heavy atom. The molecule has 0 aliphatic carbocycles. The summed E-state index contributed by atoms with van der Waals surface area (Å²) in [5.41, 5.74) is 4.92. The Hall–Kier alpha value is -1.37. The van der Waals surface area contributed by atoms with Gasteiger partial charge >= 0.3 is 6.36 Å². The van der Waals surface area contributed by atoms with Gasteiger partial charge in [0.15, 0.2) is 0 Å². The summed E-state index contributed by atoms with van der Waals surface area (Å²) < 4.78 is 67.4. The summed E-state index contributed by atoms with van der Waals surface area (Å²) in [6.07, 6.45) is -5.34. The summed E-state index contributed by atoms with van der Waals surface area (Å²) in [7, 11) is 0. The van der Waals surface area contributed by atoms with Crippen molar-refractivity contribution in [1.29, 1.82) is 0 Å². The van der Waals surface area contributed by atoms with Crippen molar-refractivity contribution in [1.82, 2.24) is 0 Å². The molecule has 0 unspecified atom stereocenters. The molecule has 2 N–H and O–H groups in total. The van der Waals surface area contributed by atoms with Gasteiger partial charge in [-0.3, -0.25) is 0 Å². The van der Waals surface area contributed by atoms with Gasteiger partial charge in [-0.2, -0.15) is 0 Å². The highest BCUT2D eigenvalue weighted by Crippen LogP contribution is 2.36. The molecule has 1 aromatic carbocycles. The monoisotopic (exact) mass is 313 g/mol. The lowest BCUT2D eigenvalue weighted by molar-refractivity contribution is -0.274. The van der Waals surface area contributed by atoms with Crippen molar-refractivity contribution in [2.24, 2.45) is 5.73 Å². The number of alkyl halides is 5. The molecule has 0 aliphatic heterocycles. The highest BCUT2D eigenvalue weighted by atomic mass is 19.4. The highest BCUT2D eigenvalue weighted by molar-refractivity contribution is 5.36. The van der Waals surface area contributed by atoms with E-state index >= 15 is 0 Å². The number of benzene rings is 1. The molecule has 0 heterocycles. The Morgan fingerprint density at radius 2 is 1.62 bits per heavy atom. The molecule has 1 aromatic rings. The van der Waals surface area contributed by atoms with Gasteiger partial charge in [0.1, 0.15) is 5.75 Å². The van der Waals surface area contributed by atoms with E-state index in [-0.39, 0.29) is 18.5 Å². The van der Waals surface area contributed by atoms with Crippen molar-refractivity contribution in [3.8, 4) is 5.75 Å². The van der Waals surface area contributed by atoms with Crippen LogP contribution in [-0.2, 0) is 5.92 Å². The molecule has 1 rings (SSSR count). The molecule has 0 spiro atoms. The van der Waals surface area contributed by atoms with Crippen LogP contribution in [0, 0.1) is 6.92 Å². The Labute approximate surface area is 121 Å². The predicted octanol–water partition coefficient (Wildman–Crippen LogP) is 4.75. The average Bonchev–Trinajstić information content (AvgIpc) is 2.36. The molecule has 0 fully saturated rings. The largest absolute Gasteiger partial charge is 0.573 e. The van der Waals surface area contributed by atoms with E-state index in [1.54, 1.807) is 0 Å². The number of ether oxygens (including phenoxy) is 1. The second kappa shape index (κ2) is 8.17. The lowest BCUT2D eigenvalue weighted by Crippen LogP contribution is -2.19. The van der Waals surface area contributed by atoms with E-state index in [2.05, 4.69) is 4.74 Å². The van der Waals surface area contributed by atoms with Gasteiger partial charge < -0.3 is 10.5 Å². The second-order valence-electron chi connectivity index (χ2n) is 4.18. The van der Waals surface area contributed by atoms with E-state index in [0.29, 0.717) is 6.07 Å². The zero-order chi connectivity index (χ0) is 16.7. The van der Waals surface area contributed by atoms with E-state index < -0.39 is 30.0 Å². The normalized spacial score (nSPS) is 11.7. The van der Waals surface area contributed by atoms with Crippen LogP contribution in [0.25, 0.3) is 0 Å². The topological polar surface area (TPSA) is 35.2 Å². The van der Waals surface area contributed by atoms with E-state index in [1.165, 1.54) is 6.92 Å². The second-order valence-corrected chi connectivity index (χ2v) is 4.18. The van der Waals surface area contributed by atoms with Gasteiger partial charge in [0, 0.05) is 12.0 Å². The molecule has 0 bridgehead atoms. The Bertz CT molecular complexity index is 432. The first-order chi connectivity index (χ1) is 9.64. The quantitative estimate of drug-likeness (QED) is 0.796. The van der Waals surface area contributed by atoms with Crippen LogP contribution >= 0.6 is 0 Å². The Kier molecular flexibility index (Phi) is 7.63. The van der Waals surface area contributed by atoms with Crippen molar-refractivity contribution in [2.75, 3.05) is 6.54 Å². The number of hydrogen-bond acceptors (Lipinski definition) is 2. The SMILES string of the molecule is CC.Cc1cc(OC(F)(F)F)cc(C(F)(F)CCCN)c1. The third-order valence-corrected chi connectivity index (χ3v) is 2.40. The lowest BCUT2D eigenvalue weighted by atomic mass is 10.0. The van der Waals surface area contributed by atoms with E-state index in [0.717, 1.165) is 12.1 Å². The zero-order valence-corrected chi connectivity index (χ0v) is 12.2. The smallest absolute Gasteiger partial charge is 0.406 e. The van der Waals surface area contributed by atoms with Gasteiger partial charge in [-0.25, -0.2) is 8.78 Å². The maximum absolute atomic E-state index is 13.7. The van der Waals surface area contributed by atoms with Gasteiger partial charge in [0.2, 0.25) is 0 Å². The third kappa shape index (κ3) is 7.27. The first kappa shape index (κ1) is 19.6. The molecule has 0 amide bonds. The van der Waals surface area contributed by atoms with Crippen LogP contribution < -0.4 is 10.5 Å². The minimum absolute atomic E-state index is 0.0798. The van der Waals surface area contributed by atoms with Crippen molar-refractivity contribution in [3.05, 3.63) is 29.3 Å². The predicted molar refractivity (Wildman–Crippen MR) is 71.4 cm³/mol. The van der Waals surface area contributed by atoms with Gasteiger partial charge in [-0.1, -0.05) is 13.8 Å². The summed E-state index contributed by atoms with van der Waals surface area (Å²) in [5, 5.41) is 0. The zero-order valence-electron chi connectivity index (χ0n) is 12.2. The summed E-state index contributed by atoms with van der Waals surface area (Å²) >= 11 is 0. The number of hydrogen-bond donors (Lipinski definition) is 1. The molecule has 0 aromatic heterocycles. The number of nitrogens with two attached hydrogens (primary N) is 1. The molecule has 0 atom stereocenters. The fourth-order valence-electron chi connectivity index (χ4n) is 1.62. The fraction of sp³-hybridized carbons (Fsp3) is 0.571. The van der Waals surface area contributed by atoms with E-state index in [9.17, 15) is 22.0 Å². The summed E-state index contributed by atoms with van der Waals surface area (Å²) in [6, 6.07) is 2.90. The lowest BCUT2D eigenvalue weighted by Gasteiger charge is -2.18. The van der Waals surface area contributed by atoms with Crippen LogP contribution in [0.4, 0.5) is 22.0 Å². The van der Waals surface area contributed by atoms with Gasteiger partial charge in [0.05, 0.1) is 0 Å². The molecular formula is C14H20F5NO. The minimum atomic E-state index is -4.91. The third-order valence-electron chi connectivity index (χ3n) is 2.40. The summed E-state index contributed by atoms with van der Waals surface area (Å²) in [6.45, 7) is 5.51. The Morgan fingerprint density at radius 3 is 2.10 bits per heavy atom. The summed E-state index contributed by atoms with van der Waals surface area (Å²) in [5.74, 6) is -3.87.